The lowest BCUT2D eigenvalue weighted by molar-refractivity contribution is -0.153. The van der Waals surface area contributed by atoms with Crippen molar-refractivity contribution in [3.63, 3.8) is 0 Å². The van der Waals surface area contributed by atoms with Gasteiger partial charge in [0, 0.05) is 13.0 Å². The van der Waals surface area contributed by atoms with Gasteiger partial charge in [-0.25, -0.2) is 4.98 Å². The highest BCUT2D eigenvalue weighted by molar-refractivity contribution is 7.18. The summed E-state index contributed by atoms with van der Waals surface area (Å²) in [5, 5.41) is 3.83. The van der Waals surface area contributed by atoms with Crippen LogP contribution in [0.15, 0.2) is 48.5 Å². The average molecular weight is 408 g/mol. The van der Waals surface area contributed by atoms with E-state index < -0.39 is 12.8 Å². The van der Waals surface area contributed by atoms with Crippen LogP contribution in [0.1, 0.15) is 23.4 Å². The number of nitrogens with zero attached hydrogens (tertiary/aromatic N) is 1. The number of nitrogens with one attached hydrogen (secondary N) is 1. The van der Waals surface area contributed by atoms with E-state index in [2.05, 4.69) is 15.0 Å². The van der Waals surface area contributed by atoms with Gasteiger partial charge in [0.2, 0.25) is 5.91 Å². The standard InChI is InChI=1S/C20H19F3N2O2S/c21-20(22,23)13-27-15-10-8-14(9-11-15)12-24-18(26)6-3-7-19-25-16-4-1-2-5-17(16)28-19/h1-2,4-5,8-11H,3,6-7,12-13H2,(H,24,26). The second-order valence-corrected chi connectivity index (χ2v) is 7.37. The summed E-state index contributed by atoms with van der Waals surface area (Å²) in [6.45, 7) is -1.00. The van der Waals surface area contributed by atoms with Crippen LogP contribution in [0.25, 0.3) is 10.2 Å². The lowest BCUT2D eigenvalue weighted by atomic mass is 10.2. The van der Waals surface area contributed by atoms with Gasteiger partial charge >= 0.3 is 6.18 Å². The zero-order chi connectivity index (χ0) is 20.0. The average Bonchev–Trinajstić information content (AvgIpc) is 3.08. The Morgan fingerprint density at radius 1 is 1.11 bits per heavy atom. The lowest BCUT2D eigenvalue weighted by Gasteiger charge is -2.10. The number of hydrogen-bond donors (Lipinski definition) is 1. The lowest BCUT2D eigenvalue weighted by Crippen LogP contribution is -2.22. The molecule has 0 saturated carbocycles. The van der Waals surface area contributed by atoms with Crippen molar-refractivity contribution in [1.29, 1.82) is 0 Å². The molecule has 4 nitrogen and oxygen atoms in total. The van der Waals surface area contributed by atoms with E-state index in [9.17, 15) is 18.0 Å². The fourth-order valence-corrected chi connectivity index (χ4v) is 3.59. The van der Waals surface area contributed by atoms with Gasteiger partial charge in [-0.1, -0.05) is 24.3 Å². The monoisotopic (exact) mass is 408 g/mol. The van der Waals surface area contributed by atoms with Crippen molar-refractivity contribution in [1.82, 2.24) is 10.3 Å². The second-order valence-electron chi connectivity index (χ2n) is 6.25. The molecule has 0 unspecified atom stereocenters. The minimum absolute atomic E-state index is 0.0708. The van der Waals surface area contributed by atoms with Crippen LogP contribution in [-0.2, 0) is 17.8 Å². The minimum atomic E-state index is -4.36. The van der Waals surface area contributed by atoms with Crippen molar-refractivity contribution in [2.24, 2.45) is 0 Å². The maximum Gasteiger partial charge on any atom is 0.422 e. The van der Waals surface area contributed by atoms with Gasteiger partial charge in [0.25, 0.3) is 0 Å². The van der Waals surface area contributed by atoms with E-state index >= 15 is 0 Å². The molecular formula is C20H19F3N2O2S. The number of benzene rings is 2. The number of aromatic nitrogens is 1. The highest BCUT2D eigenvalue weighted by atomic mass is 32.1. The smallest absolute Gasteiger partial charge is 0.422 e. The Morgan fingerprint density at radius 2 is 1.86 bits per heavy atom. The number of fused-ring (bicyclic) bond motifs is 1. The van der Waals surface area contributed by atoms with Crippen molar-refractivity contribution >= 4 is 27.5 Å². The summed E-state index contributed by atoms with van der Waals surface area (Å²) in [4.78, 5) is 16.5. The van der Waals surface area contributed by atoms with Gasteiger partial charge < -0.3 is 10.1 Å². The van der Waals surface area contributed by atoms with Crippen molar-refractivity contribution in [3.05, 3.63) is 59.1 Å². The van der Waals surface area contributed by atoms with E-state index in [1.807, 2.05) is 24.3 Å². The molecule has 1 aromatic heterocycles. The maximum absolute atomic E-state index is 12.1. The number of para-hydroxylation sites is 1. The zero-order valence-electron chi connectivity index (χ0n) is 15.0. The van der Waals surface area contributed by atoms with Crippen LogP contribution in [0.5, 0.6) is 5.75 Å². The first-order valence-corrected chi connectivity index (χ1v) is 9.60. The molecule has 0 radical (unpaired) electrons. The summed E-state index contributed by atoms with van der Waals surface area (Å²) in [5.74, 6) is 0.0711. The Hall–Kier alpha value is -2.61. The predicted molar refractivity (Wildman–Crippen MR) is 102 cm³/mol. The molecule has 0 aliphatic rings. The normalized spacial score (nSPS) is 11.5. The van der Waals surface area contributed by atoms with Crippen molar-refractivity contribution in [2.75, 3.05) is 6.61 Å². The summed E-state index contributed by atoms with van der Waals surface area (Å²) in [6, 6.07) is 14.1. The largest absolute Gasteiger partial charge is 0.484 e. The van der Waals surface area contributed by atoms with Crippen LogP contribution in [0.4, 0.5) is 13.2 Å². The first-order valence-electron chi connectivity index (χ1n) is 8.79. The molecule has 1 amide bonds. The third kappa shape index (κ3) is 6.23. The fourth-order valence-electron chi connectivity index (χ4n) is 2.58. The number of hydrogen-bond acceptors (Lipinski definition) is 4. The molecule has 3 aromatic rings. The Bertz CT molecular complexity index is 890. The highest BCUT2D eigenvalue weighted by Gasteiger charge is 2.28. The zero-order valence-corrected chi connectivity index (χ0v) is 15.8. The molecule has 8 heteroatoms. The van der Waals surface area contributed by atoms with E-state index in [0.717, 1.165) is 27.2 Å². The van der Waals surface area contributed by atoms with Gasteiger partial charge in [-0.15, -0.1) is 11.3 Å². The third-order valence-corrected chi connectivity index (χ3v) is 5.04. The molecule has 0 fully saturated rings. The van der Waals surface area contributed by atoms with Gasteiger partial charge in [0.1, 0.15) is 5.75 Å². The molecule has 2 aromatic carbocycles. The Morgan fingerprint density at radius 3 is 2.57 bits per heavy atom. The Balaban J connectivity index is 1.38. The quantitative estimate of drug-likeness (QED) is 0.578. The highest BCUT2D eigenvalue weighted by Crippen LogP contribution is 2.23. The summed E-state index contributed by atoms with van der Waals surface area (Å²) < 4.78 is 42.1. The number of rotatable bonds is 8. The summed E-state index contributed by atoms with van der Waals surface area (Å²) in [6.07, 6.45) is -2.52. The van der Waals surface area contributed by atoms with Crippen LogP contribution < -0.4 is 10.1 Å². The molecule has 1 heterocycles. The predicted octanol–water partition coefficient (Wildman–Crippen LogP) is 4.88. The molecule has 28 heavy (non-hydrogen) atoms. The Labute approximate surface area is 164 Å². The van der Waals surface area contributed by atoms with Crippen molar-refractivity contribution in [3.8, 4) is 5.75 Å². The van der Waals surface area contributed by atoms with Crippen LogP contribution >= 0.6 is 11.3 Å². The summed E-state index contributed by atoms with van der Waals surface area (Å²) in [5.41, 5.74) is 1.77. The fraction of sp³-hybridized carbons (Fsp3) is 0.300. The van der Waals surface area contributed by atoms with E-state index in [0.29, 0.717) is 19.4 Å². The van der Waals surface area contributed by atoms with Gasteiger partial charge in [0.05, 0.1) is 15.2 Å². The molecule has 0 atom stereocenters. The molecule has 1 N–H and O–H groups in total. The van der Waals surface area contributed by atoms with Gasteiger partial charge in [-0.3, -0.25) is 4.79 Å². The van der Waals surface area contributed by atoms with E-state index in [1.54, 1.807) is 23.5 Å². The third-order valence-electron chi connectivity index (χ3n) is 3.95. The molecule has 148 valence electrons. The van der Waals surface area contributed by atoms with E-state index in [1.165, 1.54) is 12.1 Å². The molecule has 3 rings (SSSR count). The van der Waals surface area contributed by atoms with E-state index in [-0.39, 0.29) is 11.7 Å². The second kappa shape index (κ2) is 9.05. The molecular weight excluding hydrogens is 389 g/mol. The number of halogens is 3. The number of ether oxygens (including phenoxy) is 1. The summed E-state index contributed by atoms with van der Waals surface area (Å²) in [7, 11) is 0. The first-order chi connectivity index (χ1) is 13.4. The van der Waals surface area contributed by atoms with Crippen LogP contribution in [0.2, 0.25) is 0 Å². The number of thiazole rings is 1. The van der Waals surface area contributed by atoms with Crippen LogP contribution in [0.3, 0.4) is 0 Å². The number of amides is 1. The van der Waals surface area contributed by atoms with Gasteiger partial charge in [0.15, 0.2) is 6.61 Å². The maximum atomic E-state index is 12.1. The molecule has 0 spiro atoms. The van der Waals surface area contributed by atoms with Gasteiger partial charge in [-0.2, -0.15) is 13.2 Å². The van der Waals surface area contributed by atoms with Crippen molar-refractivity contribution < 1.29 is 22.7 Å². The van der Waals surface area contributed by atoms with E-state index in [4.69, 9.17) is 0 Å². The molecule has 0 bridgehead atoms. The topological polar surface area (TPSA) is 51.2 Å². The SMILES string of the molecule is O=C(CCCc1nc2ccccc2s1)NCc1ccc(OCC(F)(F)F)cc1. The minimum Gasteiger partial charge on any atom is -0.484 e. The number of carbonyl (C=O) groups excluding carboxylic acids is 1. The number of carbonyl (C=O) groups is 1. The molecule has 0 aliphatic heterocycles. The number of alkyl halides is 3. The number of aryl methyl sites for hydroxylation is 1. The molecule has 0 saturated heterocycles. The first kappa shape index (κ1) is 20.1. The summed E-state index contributed by atoms with van der Waals surface area (Å²) >= 11 is 1.64. The van der Waals surface area contributed by atoms with Crippen LogP contribution in [0, 0.1) is 0 Å². The van der Waals surface area contributed by atoms with Crippen LogP contribution in [-0.4, -0.2) is 23.7 Å². The Kier molecular flexibility index (Phi) is 6.51. The van der Waals surface area contributed by atoms with Crippen molar-refractivity contribution in [2.45, 2.75) is 32.0 Å². The molecule has 0 aliphatic carbocycles. The van der Waals surface area contributed by atoms with Gasteiger partial charge in [-0.05, 0) is 42.7 Å².